The van der Waals surface area contributed by atoms with Crippen molar-refractivity contribution in [2.45, 2.75) is 25.3 Å². The average Bonchev–Trinajstić information content (AvgIpc) is 2.36. The lowest BCUT2D eigenvalue weighted by Crippen LogP contribution is -2.30. The summed E-state index contributed by atoms with van der Waals surface area (Å²) in [5, 5.41) is 5.21. The van der Waals surface area contributed by atoms with Gasteiger partial charge < -0.3 is 9.64 Å². The molecule has 0 aliphatic rings. The maximum Gasteiger partial charge on any atom is 0.253 e. The summed E-state index contributed by atoms with van der Waals surface area (Å²) in [6.07, 6.45) is 0. The normalized spacial score (nSPS) is 11.7. The first-order chi connectivity index (χ1) is 9.66. The van der Waals surface area contributed by atoms with E-state index in [9.17, 15) is 13.2 Å². The predicted molar refractivity (Wildman–Crippen MR) is 80.3 cm³/mol. The Morgan fingerprint density at radius 3 is 2.48 bits per heavy atom. The molecule has 7 heteroatoms. The molecular weight excluding hydrogens is 292 g/mol. The van der Waals surface area contributed by atoms with Crippen LogP contribution in [-0.2, 0) is 21.4 Å². The molecule has 1 amide bonds. The number of hydrogen-bond donors (Lipinski definition) is 1. The van der Waals surface area contributed by atoms with Crippen molar-refractivity contribution in [3.63, 3.8) is 0 Å². The molecule has 0 saturated heterocycles. The van der Waals surface area contributed by atoms with E-state index in [1.807, 2.05) is 13.8 Å². The second-order valence-electron chi connectivity index (χ2n) is 5.38. The molecule has 2 N–H and O–H groups in total. The first-order valence-corrected chi connectivity index (χ1v) is 8.11. The molecule has 0 heterocycles. The molecule has 21 heavy (non-hydrogen) atoms. The maximum absolute atomic E-state index is 12.3. The van der Waals surface area contributed by atoms with E-state index in [1.165, 1.54) is 13.2 Å². The van der Waals surface area contributed by atoms with Gasteiger partial charge in [-0.15, -0.1) is 0 Å². The predicted octanol–water partition coefficient (Wildman–Crippen LogP) is 1.21. The minimum atomic E-state index is -3.91. The highest BCUT2D eigenvalue weighted by molar-refractivity contribution is 7.89. The summed E-state index contributed by atoms with van der Waals surface area (Å²) in [4.78, 5) is 13.8. The number of amides is 1. The molecule has 118 valence electrons. The Morgan fingerprint density at radius 2 is 2.00 bits per heavy atom. The van der Waals surface area contributed by atoms with E-state index in [1.54, 1.807) is 24.1 Å². The molecule has 1 aromatic rings. The van der Waals surface area contributed by atoms with Gasteiger partial charge in [0, 0.05) is 26.3 Å². The van der Waals surface area contributed by atoms with Crippen LogP contribution in [0.5, 0.6) is 0 Å². The summed E-state index contributed by atoms with van der Waals surface area (Å²) < 4.78 is 28.2. The van der Waals surface area contributed by atoms with E-state index < -0.39 is 10.0 Å². The molecule has 0 spiro atoms. The smallest absolute Gasteiger partial charge is 0.253 e. The zero-order valence-corrected chi connectivity index (χ0v) is 13.6. The van der Waals surface area contributed by atoms with Gasteiger partial charge in [-0.05, 0) is 23.6 Å². The third-order valence-corrected chi connectivity index (χ3v) is 3.90. The highest BCUT2D eigenvalue weighted by Crippen LogP contribution is 2.19. The highest BCUT2D eigenvalue weighted by atomic mass is 32.2. The number of sulfonamides is 1. The number of benzene rings is 1. The minimum absolute atomic E-state index is 0.0758. The molecule has 0 saturated carbocycles. The lowest BCUT2D eigenvalue weighted by molar-refractivity contribution is 0.0778. The quantitative estimate of drug-likeness (QED) is 0.854. The molecule has 1 aromatic carbocycles. The van der Waals surface area contributed by atoms with Crippen molar-refractivity contribution in [3.05, 3.63) is 29.3 Å². The summed E-state index contributed by atoms with van der Waals surface area (Å²) in [5.74, 6) is 0.0852. The van der Waals surface area contributed by atoms with Gasteiger partial charge in [0.25, 0.3) is 5.91 Å². The molecule has 0 unspecified atom stereocenters. The van der Waals surface area contributed by atoms with Crippen LogP contribution in [0, 0.1) is 5.92 Å². The Balaban J connectivity index is 3.19. The number of hydrogen-bond acceptors (Lipinski definition) is 4. The first kappa shape index (κ1) is 17.6. The lowest BCUT2D eigenvalue weighted by Gasteiger charge is -2.20. The van der Waals surface area contributed by atoms with Crippen LogP contribution >= 0.6 is 0 Å². The number of nitrogens with zero attached hydrogens (tertiary/aromatic N) is 1. The van der Waals surface area contributed by atoms with E-state index >= 15 is 0 Å². The van der Waals surface area contributed by atoms with Crippen LogP contribution in [0.2, 0.25) is 0 Å². The Labute approximate surface area is 125 Å². The highest BCUT2D eigenvalue weighted by Gasteiger charge is 2.19. The van der Waals surface area contributed by atoms with Gasteiger partial charge in [0.1, 0.15) is 0 Å². The number of carbonyl (C=O) groups is 1. The number of primary sulfonamides is 1. The monoisotopic (exact) mass is 314 g/mol. The van der Waals surface area contributed by atoms with E-state index in [4.69, 9.17) is 9.88 Å². The minimum Gasteiger partial charge on any atom is -0.380 e. The largest absolute Gasteiger partial charge is 0.380 e. The van der Waals surface area contributed by atoms with Crippen LogP contribution in [-0.4, -0.2) is 39.9 Å². The van der Waals surface area contributed by atoms with Crippen molar-refractivity contribution >= 4 is 15.9 Å². The van der Waals surface area contributed by atoms with Crippen molar-refractivity contribution in [2.24, 2.45) is 11.1 Å². The van der Waals surface area contributed by atoms with Crippen molar-refractivity contribution in [1.82, 2.24) is 4.90 Å². The molecule has 0 aromatic heterocycles. The van der Waals surface area contributed by atoms with Gasteiger partial charge in [-0.25, -0.2) is 13.6 Å². The van der Waals surface area contributed by atoms with Gasteiger partial charge in [0.05, 0.1) is 11.5 Å². The molecule has 0 radical (unpaired) electrons. The Kier molecular flexibility index (Phi) is 5.88. The molecule has 0 atom stereocenters. The molecular formula is C14H22N2O4S. The standard InChI is InChI=1S/C14H22N2O4S/c1-10(2)8-16(3)14(17)11-5-6-12(9-20-4)13(7-11)21(15,18)19/h5-7,10H,8-9H2,1-4H3,(H2,15,18,19). The summed E-state index contributed by atoms with van der Waals surface area (Å²) in [7, 11) is -0.768. The van der Waals surface area contributed by atoms with Gasteiger partial charge in [-0.1, -0.05) is 19.9 Å². The third kappa shape index (κ3) is 4.80. The molecule has 0 aliphatic carbocycles. The van der Waals surface area contributed by atoms with Gasteiger partial charge in [-0.2, -0.15) is 0 Å². The topological polar surface area (TPSA) is 89.7 Å². The fourth-order valence-corrected chi connectivity index (χ4v) is 2.86. The summed E-state index contributed by atoms with van der Waals surface area (Å²) >= 11 is 0. The molecule has 6 nitrogen and oxygen atoms in total. The second kappa shape index (κ2) is 7.02. The van der Waals surface area contributed by atoms with Crippen LogP contribution in [0.3, 0.4) is 0 Å². The van der Waals surface area contributed by atoms with E-state index in [0.29, 0.717) is 23.6 Å². The Bertz CT molecular complexity index is 611. The van der Waals surface area contributed by atoms with E-state index in [2.05, 4.69) is 0 Å². The van der Waals surface area contributed by atoms with Gasteiger partial charge in [0.2, 0.25) is 10.0 Å². The van der Waals surface area contributed by atoms with Crippen LogP contribution in [0.15, 0.2) is 23.1 Å². The third-order valence-electron chi connectivity index (χ3n) is 2.91. The summed E-state index contributed by atoms with van der Waals surface area (Å²) in [6, 6.07) is 4.45. The van der Waals surface area contributed by atoms with Crippen LogP contribution in [0.25, 0.3) is 0 Å². The summed E-state index contributed by atoms with van der Waals surface area (Å²) in [5.41, 5.74) is 0.727. The van der Waals surface area contributed by atoms with E-state index in [-0.39, 0.29) is 17.4 Å². The Morgan fingerprint density at radius 1 is 1.38 bits per heavy atom. The van der Waals surface area contributed by atoms with E-state index in [0.717, 1.165) is 0 Å². The van der Waals surface area contributed by atoms with Crippen LogP contribution in [0.1, 0.15) is 29.8 Å². The average molecular weight is 314 g/mol. The summed E-state index contributed by atoms with van der Waals surface area (Å²) in [6.45, 7) is 4.70. The fourth-order valence-electron chi connectivity index (χ4n) is 2.08. The maximum atomic E-state index is 12.3. The van der Waals surface area contributed by atoms with Gasteiger partial charge in [0.15, 0.2) is 0 Å². The van der Waals surface area contributed by atoms with Crippen molar-refractivity contribution in [2.75, 3.05) is 20.7 Å². The lowest BCUT2D eigenvalue weighted by atomic mass is 10.1. The molecule has 0 bridgehead atoms. The molecule has 0 aliphatic heterocycles. The van der Waals surface area contributed by atoms with Crippen LogP contribution < -0.4 is 5.14 Å². The number of methoxy groups -OCH3 is 1. The molecule has 1 rings (SSSR count). The second-order valence-corrected chi connectivity index (χ2v) is 6.91. The van der Waals surface area contributed by atoms with Crippen molar-refractivity contribution < 1.29 is 17.9 Å². The SMILES string of the molecule is COCc1ccc(C(=O)N(C)CC(C)C)cc1S(N)(=O)=O. The Hall–Kier alpha value is -1.44. The first-order valence-electron chi connectivity index (χ1n) is 6.57. The van der Waals surface area contributed by atoms with Crippen molar-refractivity contribution in [1.29, 1.82) is 0 Å². The van der Waals surface area contributed by atoms with Gasteiger partial charge >= 0.3 is 0 Å². The number of nitrogens with two attached hydrogens (primary N) is 1. The fraction of sp³-hybridized carbons (Fsp3) is 0.500. The number of carbonyl (C=O) groups excluding carboxylic acids is 1. The van der Waals surface area contributed by atoms with Crippen molar-refractivity contribution in [3.8, 4) is 0 Å². The zero-order chi connectivity index (χ0) is 16.2. The zero-order valence-electron chi connectivity index (χ0n) is 12.8. The van der Waals surface area contributed by atoms with Gasteiger partial charge in [-0.3, -0.25) is 4.79 Å². The number of rotatable bonds is 6. The number of ether oxygens (including phenoxy) is 1. The van der Waals surface area contributed by atoms with Crippen LogP contribution in [0.4, 0.5) is 0 Å². The molecule has 0 fully saturated rings.